The molecule has 4 heterocycles. The Morgan fingerprint density at radius 2 is 2.07 bits per heavy atom. The van der Waals surface area contributed by atoms with E-state index in [1.807, 2.05) is 0 Å². The van der Waals surface area contributed by atoms with Gasteiger partial charge in [0.05, 0.1) is 5.56 Å². The molecule has 0 saturated carbocycles. The quantitative estimate of drug-likeness (QED) is 0.462. The molecule has 28 heavy (non-hydrogen) atoms. The van der Waals surface area contributed by atoms with Crippen molar-refractivity contribution in [3.63, 3.8) is 0 Å². The Bertz CT molecular complexity index is 982. The van der Waals surface area contributed by atoms with Crippen molar-refractivity contribution < 1.29 is 24.3 Å². The molecule has 9 nitrogen and oxygen atoms in total. The molecule has 0 radical (unpaired) electrons. The molecule has 0 bridgehead atoms. The number of β-lactam (4-membered cyclic amide) rings is 1. The van der Waals surface area contributed by atoms with E-state index in [1.165, 1.54) is 32.9 Å². The molecule has 2 saturated heterocycles. The van der Waals surface area contributed by atoms with Crippen LogP contribution >= 0.6 is 23.1 Å². The Balaban J connectivity index is 1.66. The number of rotatable bonds is 4. The molecule has 3 aliphatic rings. The lowest BCUT2D eigenvalue weighted by molar-refractivity contribution is -0.147. The first-order chi connectivity index (χ1) is 13.3. The van der Waals surface area contributed by atoms with Gasteiger partial charge in [0.15, 0.2) is 0 Å². The van der Waals surface area contributed by atoms with E-state index in [9.17, 15) is 24.3 Å². The molecular weight excluding hydrogens is 404 g/mol. The fourth-order valence-electron chi connectivity index (χ4n) is 3.50. The number of allylic oxidation sites excluding steroid dienone is 1. The highest BCUT2D eigenvalue weighted by atomic mass is 32.2. The number of nitrogens with two attached hydrogens (primary N) is 2. The number of hydrogen-bond donors (Lipinski definition) is 3. The molecule has 3 amide bonds. The fourth-order valence-corrected chi connectivity index (χ4v) is 5.68. The van der Waals surface area contributed by atoms with Gasteiger partial charge in [-0.15, -0.1) is 23.1 Å². The van der Waals surface area contributed by atoms with Crippen molar-refractivity contribution in [2.45, 2.75) is 17.8 Å². The molecule has 11 heteroatoms. The Hall–Kier alpha value is -2.63. The zero-order chi connectivity index (χ0) is 20.2. The number of carbonyl (C=O) groups is 4. The SMILES string of the molecule is NC(=O)c1ccsc1N1CC/C(=C\C2=C(C(=O)O)N3C(=O)[C@@H](N)[C@H]3SC2)C1=O. The lowest BCUT2D eigenvalue weighted by atomic mass is 10.0. The summed E-state index contributed by atoms with van der Waals surface area (Å²) in [6.45, 7) is 0.366. The zero-order valence-corrected chi connectivity index (χ0v) is 16.1. The van der Waals surface area contributed by atoms with Crippen LogP contribution < -0.4 is 16.4 Å². The Morgan fingerprint density at radius 3 is 2.75 bits per heavy atom. The summed E-state index contributed by atoms with van der Waals surface area (Å²) in [4.78, 5) is 50.8. The lowest BCUT2D eigenvalue weighted by Crippen LogP contribution is -2.68. The number of carboxylic acid groups (broad SMARTS) is 1. The fraction of sp³-hybridized carbons (Fsp3) is 0.294. The number of aliphatic carboxylic acids is 1. The van der Waals surface area contributed by atoms with Crippen molar-refractivity contribution in [3.05, 3.63) is 39.9 Å². The van der Waals surface area contributed by atoms with Crippen molar-refractivity contribution in [2.75, 3.05) is 17.2 Å². The molecule has 2 fully saturated rings. The number of nitrogens with zero attached hydrogens (tertiary/aromatic N) is 2. The first kappa shape index (κ1) is 18.7. The molecule has 0 unspecified atom stereocenters. The highest BCUT2D eigenvalue weighted by Gasteiger charge is 2.51. The number of carboxylic acids is 1. The summed E-state index contributed by atoms with van der Waals surface area (Å²) in [7, 11) is 0. The van der Waals surface area contributed by atoms with Gasteiger partial charge in [0.25, 0.3) is 11.8 Å². The molecule has 146 valence electrons. The number of amides is 3. The van der Waals surface area contributed by atoms with Gasteiger partial charge in [-0.1, -0.05) is 0 Å². The topological polar surface area (TPSA) is 147 Å². The van der Waals surface area contributed by atoms with Crippen LogP contribution in [0, 0.1) is 0 Å². The number of thiophene rings is 1. The van der Waals surface area contributed by atoms with Crippen molar-refractivity contribution in [1.29, 1.82) is 0 Å². The van der Waals surface area contributed by atoms with Gasteiger partial charge in [0, 0.05) is 17.9 Å². The second-order valence-corrected chi connectivity index (χ2v) is 8.49. The van der Waals surface area contributed by atoms with Crippen LogP contribution in [0.4, 0.5) is 5.00 Å². The second kappa shape index (κ2) is 6.76. The number of fused-ring (bicyclic) bond motifs is 1. The van der Waals surface area contributed by atoms with Crippen LogP contribution in [0.5, 0.6) is 0 Å². The van der Waals surface area contributed by atoms with Crippen LogP contribution in [0.3, 0.4) is 0 Å². The van der Waals surface area contributed by atoms with Crippen molar-refractivity contribution in [2.24, 2.45) is 11.5 Å². The first-order valence-corrected chi connectivity index (χ1v) is 10.3. The Kier molecular flexibility index (Phi) is 4.52. The summed E-state index contributed by atoms with van der Waals surface area (Å²) in [5.74, 6) is -2.24. The summed E-state index contributed by atoms with van der Waals surface area (Å²) >= 11 is 2.62. The predicted molar refractivity (Wildman–Crippen MR) is 104 cm³/mol. The van der Waals surface area contributed by atoms with Crippen LogP contribution in [0.25, 0.3) is 0 Å². The third kappa shape index (κ3) is 2.74. The number of anilines is 1. The maximum absolute atomic E-state index is 12.8. The van der Waals surface area contributed by atoms with Gasteiger partial charge in [-0.25, -0.2) is 4.79 Å². The van der Waals surface area contributed by atoms with E-state index in [1.54, 1.807) is 17.5 Å². The molecular formula is C17H16N4O5S2. The van der Waals surface area contributed by atoms with Crippen molar-refractivity contribution >= 4 is 51.8 Å². The van der Waals surface area contributed by atoms with E-state index in [4.69, 9.17) is 11.5 Å². The van der Waals surface area contributed by atoms with Gasteiger partial charge in [-0.2, -0.15) is 0 Å². The summed E-state index contributed by atoms with van der Waals surface area (Å²) in [5, 5.41) is 11.4. The normalized spacial score (nSPS) is 26.0. The van der Waals surface area contributed by atoms with Gasteiger partial charge < -0.3 is 16.6 Å². The van der Waals surface area contributed by atoms with Crippen LogP contribution in [-0.2, 0) is 14.4 Å². The minimum atomic E-state index is -1.23. The average Bonchev–Trinajstić information content (AvgIpc) is 3.27. The van der Waals surface area contributed by atoms with Crippen molar-refractivity contribution in [3.8, 4) is 0 Å². The summed E-state index contributed by atoms with van der Waals surface area (Å²) in [5.41, 5.74) is 12.1. The molecule has 2 atom stereocenters. The van der Waals surface area contributed by atoms with E-state index in [2.05, 4.69) is 0 Å². The van der Waals surface area contributed by atoms with E-state index < -0.39 is 23.8 Å². The van der Waals surface area contributed by atoms with E-state index in [0.29, 0.717) is 34.9 Å². The lowest BCUT2D eigenvalue weighted by Gasteiger charge is -2.47. The van der Waals surface area contributed by atoms with Gasteiger partial charge in [0.2, 0.25) is 5.91 Å². The minimum Gasteiger partial charge on any atom is -0.477 e. The standard InChI is InChI=1S/C17H16N4O5S2/c18-10-14(24)21-11(17(25)26)8(6-28-16(10)21)5-7-1-3-20(13(7)23)15-9(12(19)22)2-4-27-15/h2,4-5,10,16H,1,3,6,18H2,(H2,19,22)(H,25,26)/b7-5+/t10-,16-/m1/s1. The summed E-state index contributed by atoms with van der Waals surface area (Å²) in [6, 6.07) is 0.863. The van der Waals surface area contributed by atoms with Crippen LogP contribution in [0.15, 0.2) is 34.4 Å². The largest absolute Gasteiger partial charge is 0.477 e. The number of hydrogen-bond acceptors (Lipinski definition) is 7. The number of thioether (sulfide) groups is 1. The monoisotopic (exact) mass is 420 g/mol. The maximum atomic E-state index is 12.8. The highest BCUT2D eigenvalue weighted by Crippen LogP contribution is 2.41. The maximum Gasteiger partial charge on any atom is 0.352 e. The molecule has 5 N–H and O–H groups in total. The van der Waals surface area contributed by atoms with Gasteiger partial charge >= 0.3 is 5.97 Å². The van der Waals surface area contributed by atoms with Crippen LogP contribution in [0.1, 0.15) is 16.8 Å². The zero-order valence-electron chi connectivity index (χ0n) is 14.5. The van der Waals surface area contributed by atoms with Gasteiger partial charge in [-0.05, 0) is 29.5 Å². The van der Waals surface area contributed by atoms with Crippen LogP contribution in [0.2, 0.25) is 0 Å². The Morgan fingerprint density at radius 1 is 1.32 bits per heavy atom. The molecule has 3 aliphatic heterocycles. The van der Waals surface area contributed by atoms with Gasteiger partial charge in [0.1, 0.15) is 22.1 Å². The molecule has 0 spiro atoms. The summed E-state index contributed by atoms with van der Waals surface area (Å²) in [6.07, 6.45) is 1.94. The summed E-state index contributed by atoms with van der Waals surface area (Å²) < 4.78 is 0. The average molecular weight is 420 g/mol. The molecule has 1 aromatic rings. The number of primary amides is 1. The predicted octanol–water partition coefficient (Wildman–Crippen LogP) is 0.0912. The molecule has 0 aliphatic carbocycles. The second-order valence-electron chi connectivity index (χ2n) is 6.49. The molecule has 4 rings (SSSR count). The van der Waals surface area contributed by atoms with E-state index >= 15 is 0 Å². The van der Waals surface area contributed by atoms with E-state index in [-0.39, 0.29) is 22.5 Å². The van der Waals surface area contributed by atoms with Crippen molar-refractivity contribution in [1.82, 2.24) is 4.90 Å². The van der Waals surface area contributed by atoms with Crippen LogP contribution in [-0.4, -0.2) is 57.4 Å². The first-order valence-electron chi connectivity index (χ1n) is 8.37. The minimum absolute atomic E-state index is 0.122. The third-order valence-corrected chi connectivity index (χ3v) is 7.13. The number of carbonyl (C=O) groups excluding carboxylic acids is 3. The Labute approximate surface area is 167 Å². The molecule has 1 aromatic heterocycles. The van der Waals surface area contributed by atoms with Gasteiger partial charge in [-0.3, -0.25) is 24.2 Å². The highest BCUT2D eigenvalue weighted by molar-refractivity contribution is 8.00. The van der Waals surface area contributed by atoms with E-state index in [0.717, 1.165) is 0 Å². The third-order valence-electron chi connectivity index (χ3n) is 4.87. The smallest absolute Gasteiger partial charge is 0.352 e. The molecule has 0 aromatic carbocycles.